The van der Waals surface area contributed by atoms with Gasteiger partial charge in [-0.15, -0.1) is 0 Å². The summed E-state index contributed by atoms with van der Waals surface area (Å²) in [5.74, 6) is -2.31. The summed E-state index contributed by atoms with van der Waals surface area (Å²) in [5.41, 5.74) is 5.10. The average Bonchev–Trinajstić information content (AvgIpc) is 3.40. The zero-order valence-corrected chi connectivity index (χ0v) is 21.4. The molecule has 190 valence electrons. The largest absolute Gasteiger partial charge is 0.468 e. The fraction of sp³-hybridized carbons (Fsp3) is 0.276. The summed E-state index contributed by atoms with van der Waals surface area (Å²) in [6.07, 6.45) is 10.8. The Morgan fingerprint density at radius 1 is 1.08 bits per heavy atom. The van der Waals surface area contributed by atoms with Crippen LogP contribution in [0, 0.1) is 12.8 Å². The molecule has 2 aromatic heterocycles. The van der Waals surface area contributed by atoms with Crippen LogP contribution in [0.3, 0.4) is 0 Å². The number of aromatic nitrogens is 3. The number of rotatable bonds is 8. The molecular formula is C29H30N4O4. The number of hydrogen-bond acceptors (Lipinski definition) is 7. The van der Waals surface area contributed by atoms with E-state index in [1.54, 1.807) is 44.7 Å². The van der Waals surface area contributed by atoms with Crippen LogP contribution in [0.15, 0.2) is 83.7 Å². The molecule has 8 heteroatoms. The normalized spacial score (nSPS) is 17.6. The van der Waals surface area contributed by atoms with Crippen molar-refractivity contribution >= 4 is 23.7 Å². The van der Waals surface area contributed by atoms with Crippen LogP contribution in [0.25, 0.3) is 6.08 Å². The first-order valence-corrected chi connectivity index (χ1v) is 12.0. The number of benzene rings is 1. The van der Waals surface area contributed by atoms with Gasteiger partial charge in [0.25, 0.3) is 0 Å². The number of aliphatic imine (C=N–C) groups is 1. The van der Waals surface area contributed by atoms with Gasteiger partial charge in [0.2, 0.25) is 0 Å². The van der Waals surface area contributed by atoms with Crippen LogP contribution >= 0.6 is 0 Å². The van der Waals surface area contributed by atoms with E-state index in [9.17, 15) is 9.59 Å². The summed E-state index contributed by atoms with van der Waals surface area (Å²) in [5, 5.41) is 0. The van der Waals surface area contributed by atoms with Crippen LogP contribution in [-0.4, -0.2) is 45.9 Å². The number of hydrogen-bond donors (Lipinski definition) is 0. The Balaban J connectivity index is 1.48. The van der Waals surface area contributed by atoms with Gasteiger partial charge in [0, 0.05) is 48.2 Å². The molecule has 0 fully saturated rings. The molecule has 8 nitrogen and oxygen atoms in total. The van der Waals surface area contributed by atoms with Crippen LogP contribution in [-0.2, 0) is 25.6 Å². The molecule has 37 heavy (non-hydrogen) atoms. The molecule has 3 heterocycles. The van der Waals surface area contributed by atoms with Gasteiger partial charge in [0.1, 0.15) is 12.5 Å². The Morgan fingerprint density at radius 2 is 1.86 bits per heavy atom. The van der Waals surface area contributed by atoms with Crippen molar-refractivity contribution in [1.29, 1.82) is 0 Å². The van der Waals surface area contributed by atoms with Crippen molar-refractivity contribution in [2.24, 2.45) is 10.9 Å². The van der Waals surface area contributed by atoms with Crippen molar-refractivity contribution in [1.82, 2.24) is 14.5 Å². The Labute approximate surface area is 216 Å². The molecule has 0 saturated heterocycles. The monoisotopic (exact) mass is 498 g/mol. The van der Waals surface area contributed by atoms with E-state index in [1.807, 2.05) is 42.0 Å². The number of pyridine rings is 1. The van der Waals surface area contributed by atoms with Crippen molar-refractivity contribution in [2.75, 3.05) is 13.7 Å². The number of methoxy groups -OCH3 is 1. The molecule has 0 bridgehead atoms. The first-order chi connectivity index (χ1) is 17.9. The predicted octanol–water partition coefficient (Wildman–Crippen LogP) is 4.51. The summed E-state index contributed by atoms with van der Waals surface area (Å²) < 4.78 is 12.7. The van der Waals surface area contributed by atoms with Crippen LogP contribution in [0.5, 0.6) is 0 Å². The second-order valence-electron chi connectivity index (χ2n) is 8.89. The third-order valence-corrected chi connectivity index (χ3v) is 6.41. The van der Waals surface area contributed by atoms with E-state index in [0.717, 1.165) is 28.9 Å². The second kappa shape index (κ2) is 11.6. The Morgan fingerprint density at radius 3 is 2.54 bits per heavy atom. The van der Waals surface area contributed by atoms with Gasteiger partial charge in [0.15, 0.2) is 0 Å². The summed E-state index contributed by atoms with van der Waals surface area (Å²) >= 11 is 0. The number of aryl methyl sites for hydroxylation is 1. The molecule has 0 saturated carbocycles. The standard InChI is InChI=1S/C29H30N4O4/c1-19-24(8-5-13-31-19)27-25(28(34)36-4)20(2)32-21(3)26(27)29(35)37-16-6-7-22-9-11-23(12-10-22)17-33-15-14-30-18-33/h5-15,18,25,27H,16-17H2,1-4H3. The molecule has 0 N–H and O–H groups in total. The number of allylic oxidation sites excluding steroid dienone is 1. The SMILES string of the molecule is COC(=O)C1C(C)=NC(C)=C(C(=O)OCC=Cc2ccc(Cn3ccnc3)cc2)C1c1cccnc1C. The van der Waals surface area contributed by atoms with Crippen molar-refractivity contribution < 1.29 is 19.1 Å². The van der Waals surface area contributed by atoms with Crippen LogP contribution in [0.4, 0.5) is 0 Å². The predicted molar refractivity (Wildman–Crippen MR) is 141 cm³/mol. The highest BCUT2D eigenvalue weighted by Gasteiger charge is 2.42. The van der Waals surface area contributed by atoms with Crippen molar-refractivity contribution in [2.45, 2.75) is 33.2 Å². The van der Waals surface area contributed by atoms with E-state index >= 15 is 0 Å². The molecule has 3 aromatic rings. The molecule has 4 rings (SSSR count). The van der Waals surface area contributed by atoms with Crippen molar-refractivity contribution in [3.63, 3.8) is 0 Å². The molecule has 1 aromatic carbocycles. The summed E-state index contributed by atoms with van der Waals surface area (Å²) in [7, 11) is 1.33. The van der Waals surface area contributed by atoms with E-state index < -0.39 is 23.8 Å². The highest BCUT2D eigenvalue weighted by Crippen LogP contribution is 2.40. The van der Waals surface area contributed by atoms with E-state index in [1.165, 1.54) is 7.11 Å². The fourth-order valence-corrected chi connectivity index (χ4v) is 4.61. The van der Waals surface area contributed by atoms with Gasteiger partial charge in [-0.2, -0.15) is 0 Å². The minimum atomic E-state index is -0.740. The highest BCUT2D eigenvalue weighted by atomic mass is 16.5. The molecular weight excluding hydrogens is 468 g/mol. The van der Waals surface area contributed by atoms with Gasteiger partial charge in [0.05, 0.1) is 19.0 Å². The molecule has 1 aliphatic rings. The lowest BCUT2D eigenvalue weighted by Crippen LogP contribution is -2.36. The molecule has 0 spiro atoms. The average molecular weight is 499 g/mol. The fourth-order valence-electron chi connectivity index (χ4n) is 4.61. The van der Waals surface area contributed by atoms with Gasteiger partial charge in [-0.3, -0.25) is 14.8 Å². The minimum Gasteiger partial charge on any atom is -0.468 e. The Bertz CT molecular complexity index is 1350. The van der Waals surface area contributed by atoms with E-state index in [0.29, 0.717) is 17.0 Å². The number of carbonyl (C=O) groups excluding carboxylic acids is 2. The summed E-state index contributed by atoms with van der Waals surface area (Å²) in [6.45, 7) is 6.22. The number of carbonyl (C=O) groups is 2. The van der Waals surface area contributed by atoms with Gasteiger partial charge in [-0.1, -0.05) is 36.4 Å². The maximum atomic E-state index is 13.3. The van der Waals surface area contributed by atoms with Gasteiger partial charge in [-0.05, 0) is 49.6 Å². The van der Waals surface area contributed by atoms with Crippen molar-refractivity contribution in [3.05, 3.63) is 101 Å². The molecule has 1 aliphatic heterocycles. The van der Waals surface area contributed by atoms with E-state index in [-0.39, 0.29) is 6.61 Å². The van der Waals surface area contributed by atoms with Crippen molar-refractivity contribution in [3.8, 4) is 0 Å². The molecule has 0 amide bonds. The number of esters is 2. The number of imidazole rings is 1. The summed E-state index contributed by atoms with van der Waals surface area (Å²) in [4.78, 5) is 39.0. The zero-order valence-electron chi connectivity index (χ0n) is 21.4. The maximum Gasteiger partial charge on any atom is 0.336 e. The Kier molecular flexibility index (Phi) is 8.08. The second-order valence-corrected chi connectivity index (χ2v) is 8.89. The topological polar surface area (TPSA) is 95.7 Å². The molecule has 0 radical (unpaired) electrons. The minimum absolute atomic E-state index is 0.0801. The quantitative estimate of drug-likeness (QED) is 0.424. The Hall–Kier alpha value is -4.33. The van der Waals surface area contributed by atoms with Gasteiger partial charge >= 0.3 is 11.9 Å². The van der Waals surface area contributed by atoms with Gasteiger partial charge in [-0.25, -0.2) is 9.78 Å². The highest BCUT2D eigenvalue weighted by molar-refractivity contribution is 6.07. The zero-order chi connectivity index (χ0) is 26.4. The van der Waals surface area contributed by atoms with Gasteiger partial charge < -0.3 is 14.0 Å². The van der Waals surface area contributed by atoms with Crippen LogP contribution in [0.2, 0.25) is 0 Å². The maximum absolute atomic E-state index is 13.3. The summed E-state index contributed by atoms with van der Waals surface area (Å²) in [6, 6.07) is 11.8. The lowest BCUT2D eigenvalue weighted by molar-refractivity contribution is -0.143. The molecule has 0 aliphatic carbocycles. The van der Waals surface area contributed by atoms with Crippen LogP contribution in [0.1, 0.15) is 42.1 Å². The third-order valence-electron chi connectivity index (χ3n) is 6.41. The lowest BCUT2D eigenvalue weighted by atomic mass is 9.75. The first kappa shape index (κ1) is 25.8. The van der Waals surface area contributed by atoms with E-state index in [4.69, 9.17) is 9.47 Å². The first-order valence-electron chi connectivity index (χ1n) is 12.0. The number of nitrogens with zero attached hydrogens (tertiary/aromatic N) is 4. The lowest BCUT2D eigenvalue weighted by Gasteiger charge is -2.31. The molecule has 2 atom stereocenters. The number of ether oxygens (including phenoxy) is 2. The molecule has 2 unspecified atom stereocenters. The third kappa shape index (κ3) is 5.91. The van der Waals surface area contributed by atoms with Crippen LogP contribution < -0.4 is 0 Å². The smallest absolute Gasteiger partial charge is 0.336 e. The van der Waals surface area contributed by atoms with E-state index in [2.05, 4.69) is 27.1 Å².